The lowest BCUT2D eigenvalue weighted by Crippen LogP contribution is -2.48. The number of carbonyl (C=O) groups excluding carboxylic acids is 1. The highest BCUT2D eigenvalue weighted by atomic mass is 32.1. The van der Waals surface area contributed by atoms with Gasteiger partial charge >= 0.3 is 5.97 Å². The van der Waals surface area contributed by atoms with Gasteiger partial charge in [0.2, 0.25) is 0 Å². The minimum absolute atomic E-state index is 0.0109. The number of ether oxygens (including phenoxy) is 1. The Kier molecular flexibility index (Phi) is 5.12. The normalized spacial score (nSPS) is 21.2. The van der Waals surface area contributed by atoms with Gasteiger partial charge in [-0.2, -0.15) is 0 Å². The largest absolute Gasteiger partial charge is 0.469 e. The van der Waals surface area contributed by atoms with Gasteiger partial charge in [0, 0.05) is 12.1 Å². The van der Waals surface area contributed by atoms with Crippen molar-refractivity contribution >= 4 is 29.0 Å². The Morgan fingerprint density at radius 2 is 2.09 bits per heavy atom. The molecular formula is C14H18N4O4S. The molecule has 1 aromatic carbocycles. The summed E-state index contributed by atoms with van der Waals surface area (Å²) in [5.41, 5.74) is 6.17. The first-order valence-corrected chi connectivity index (χ1v) is 7.40. The zero-order valence-corrected chi connectivity index (χ0v) is 13.6. The van der Waals surface area contributed by atoms with E-state index in [4.69, 9.17) is 17.0 Å². The van der Waals surface area contributed by atoms with Gasteiger partial charge in [-0.05, 0) is 37.0 Å². The summed E-state index contributed by atoms with van der Waals surface area (Å²) in [4.78, 5) is 22.0. The average Bonchev–Trinajstić information content (AvgIpc) is 2.85. The molecule has 1 aliphatic heterocycles. The lowest BCUT2D eigenvalue weighted by molar-refractivity contribution is -0.384. The number of nitro benzene ring substituents is 1. The van der Waals surface area contributed by atoms with Crippen LogP contribution in [-0.4, -0.2) is 28.8 Å². The fourth-order valence-corrected chi connectivity index (χ4v) is 2.84. The molecular weight excluding hydrogens is 320 g/mol. The SMILES string of the molecule is COC(=O)CC(CC1(C)NNC(=S)N1)c1ccc([N+](=O)[O-])cc1. The number of methoxy groups -OCH3 is 1. The molecule has 8 nitrogen and oxygen atoms in total. The minimum Gasteiger partial charge on any atom is -0.469 e. The third-order valence-electron chi connectivity index (χ3n) is 3.71. The molecule has 0 aliphatic carbocycles. The van der Waals surface area contributed by atoms with Crippen LogP contribution in [0, 0.1) is 10.1 Å². The van der Waals surface area contributed by atoms with E-state index in [9.17, 15) is 14.9 Å². The second-order valence-corrected chi connectivity index (χ2v) is 5.97. The fourth-order valence-electron chi connectivity index (χ4n) is 2.56. The second-order valence-electron chi connectivity index (χ2n) is 5.57. The van der Waals surface area contributed by atoms with E-state index in [0.717, 1.165) is 5.56 Å². The second kappa shape index (κ2) is 6.88. The van der Waals surface area contributed by atoms with Gasteiger partial charge in [0.15, 0.2) is 5.11 Å². The van der Waals surface area contributed by atoms with Gasteiger partial charge in [-0.15, -0.1) is 0 Å². The van der Waals surface area contributed by atoms with E-state index in [-0.39, 0.29) is 24.0 Å². The van der Waals surface area contributed by atoms with Crippen molar-refractivity contribution in [1.82, 2.24) is 16.2 Å². The third kappa shape index (κ3) is 4.36. The van der Waals surface area contributed by atoms with Gasteiger partial charge in [0.05, 0.1) is 18.5 Å². The molecule has 1 aromatic rings. The molecule has 2 unspecified atom stereocenters. The van der Waals surface area contributed by atoms with Crippen LogP contribution in [0.3, 0.4) is 0 Å². The molecule has 0 radical (unpaired) electrons. The van der Waals surface area contributed by atoms with Crippen LogP contribution in [-0.2, 0) is 9.53 Å². The topological polar surface area (TPSA) is 106 Å². The number of rotatable bonds is 6. The minimum atomic E-state index is -0.530. The molecule has 1 saturated heterocycles. The Bertz CT molecular complexity index is 622. The summed E-state index contributed by atoms with van der Waals surface area (Å²) in [6, 6.07) is 6.19. The summed E-state index contributed by atoms with van der Waals surface area (Å²) in [5.74, 6) is -0.526. The molecule has 0 bridgehead atoms. The standard InChI is InChI=1S/C14H18N4O4S/c1-14(15-13(23)16-17-14)8-10(7-12(19)22-2)9-3-5-11(6-4-9)18(20)21/h3-6,10,17H,7-8H2,1-2H3,(H2,15,16,23). The predicted octanol–water partition coefficient (Wildman–Crippen LogP) is 1.33. The number of thiocarbonyl (C=S) groups is 1. The first-order chi connectivity index (χ1) is 10.8. The van der Waals surface area contributed by atoms with Crippen molar-refractivity contribution in [3.05, 3.63) is 39.9 Å². The van der Waals surface area contributed by atoms with Crippen LogP contribution in [0.4, 0.5) is 5.69 Å². The van der Waals surface area contributed by atoms with Crippen LogP contribution in [0.2, 0.25) is 0 Å². The molecule has 2 atom stereocenters. The maximum atomic E-state index is 11.7. The lowest BCUT2D eigenvalue weighted by Gasteiger charge is -2.28. The van der Waals surface area contributed by atoms with Crippen LogP contribution in [0.25, 0.3) is 0 Å². The molecule has 1 aliphatic rings. The predicted molar refractivity (Wildman–Crippen MR) is 87.5 cm³/mol. The van der Waals surface area contributed by atoms with Gasteiger partial charge in [-0.1, -0.05) is 12.1 Å². The number of nitrogens with zero attached hydrogens (tertiary/aromatic N) is 1. The zero-order chi connectivity index (χ0) is 17.0. The molecule has 23 heavy (non-hydrogen) atoms. The van der Waals surface area contributed by atoms with Gasteiger partial charge in [0.25, 0.3) is 5.69 Å². The number of hydrazine groups is 1. The number of nitro groups is 1. The molecule has 3 N–H and O–H groups in total. The van der Waals surface area contributed by atoms with E-state index >= 15 is 0 Å². The van der Waals surface area contributed by atoms with Crippen molar-refractivity contribution in [2.75, 3.05) is 7.11 Å². The fraction of sp³-hybridized carbons (Fsp3) is 0.429. The summed E-state index contributed by atoms with van der Waals surface area (Å²) >= 11 is 5.04. The van der Waals surface area contributed by atoms with Crippen molar-refractivity contribution in [1.29, 1.82) is 0 Å². The maximum absolute atomic E-state index is 11.7. The monoisotopic (exact) mass is 338 g/mol. The van der Waals surface area contributed by atoms with E-state index in [2.05, 4.69) is 16.2 Å². The summed E-state index contributed by atoms with van der Waals surface area (Å²) in [6.07, 6.45) is 0.701. The number of carbonyl (C=O) groups is 1. The van der Waals surface area contributed by atoms with E-state index in [1.807, 2.05) is 6.92 Å². The lowest BCUT2D eigenvalue weighted by atomic mass is 9.87. The van der Waals surface area contributed by atoms with Crippen molar-refractivity contribution in [2.45, 2.75) is 31.3 Å². The number of hydrogen-bond donors (Lipinski definition) is 3. The quantitative estimate of drug-likeness (QED) is 0.309. The first-order valence-electron chi connectivity index (χ1n) is 6.99. The van der Waals surface area contributed by atoms with E-state index < -0.39 is 10.6 Å². The highest BCUT2D eigenvalue weighted by Gasteiger charge is 2.34. The van der Waals surface area contributed by atoms with Crippen LogP contribution in [0.1, 0.15) is 31.2 Å². The molecule has 0 aromatic heterocycles. The highest BCUT2D eigenvalue weighted by molar-refractivity contribution is 7.80. The number of hydrogen-bond acceptors (Lipinski definition) is 6. The van der Waals surface area contributed by atoms with Crippen molar-refractivity contribution in [3.63, 3.8) is 0 Å². The van der Waals surface area contributed by atoms with Gasteiger partial charge in [0.1, 0.15) is 5.66 Å². The Morgan fingerprint density at radius 1 is 1.43 bits per heavy atom. The summed E-state index contributed by atoms with van der Waals surface area (Å²) < 4.78 is 4.75. The van der Waals surface area contributed by atoms with Gasteiger partial charge < -0.3 is 10.1 Å². The molecule has 0 saturated carbocycles. The van der Waals surface area contributed by atoms with Crippen LogP contribution in [0.5, 0.6) is 0 Å². The van der Waals surface area contributed by atoms with Crippen LogP contribution < -0.4 is 16.2 Å². The van der Waals surface area contributed by atoms with Gasteiger partial charge in [-0.3, -0.25) is 20.3 Å². The first kappa shape index (κ1) is 17.1. The number of esters is 1. The van der Waals surface area contributed by atoms with E-state index in [0.29, 0.717) is 11.5 Å². The van der Waals surface area contributed by atoms with Crippen LogP contribution in [0.15, 0.2) is 24.3 Å². The Labute approximate surface area is 138 Å². The third-order valence-corrected chi connectivity index (χ3v) is 3.92. The highest BCUT2D eigenvalue weighted by Crippen LogP contribution is 2.30. The average molecular weight is 338 g/mol. The van der Waals surface area contributed by atoms with Crippen molar-refractivity contribution in [2.24, 2.45) is 0 Å². The van der Waals surface area contributed by atoms with Crippen LogP contribution >= 0.6 is 12.2 Å². The van der Waals surface area contributed by atoms with Gasteiger partial charge in [-0.25, -0.2) is 5.43 Å². The molecule has 0 amide bonds. The summed E-state index contributed by atoms with van der Waals surface area (Å²) in [5, 5.41) is 14.3. The molecule has 0 spiro atoms. The maximum Gasteiger partial charge on any atom is 0.306 e. The zero-order valence-electron chi connectivity index (χ0n) is 12.8. The summed E-state index contributed by atoms with van der Waals surface area (Å²) in [6.45, 7) is 1.91. The van der Waals surface area contributed by atoms with Crippen molar-refractivity contribution in [3.8, 4) is 0 Å². The Balaban J connectivity index is 2.21. The van der Waals surface area contributed by atoms with E-state index in [1.54, 1.807) is 12.1 Å². The smallest absolute Gasteiger partial charge is 0.306 e. The number of non-ortho nitro benzene ring substituents is 1. The molecule has 2 rings (SSSR count). The van der Waals surface area contributed by atoms with Crippen molar-refractivity contribution < 1.29 is 14.5 Å². The molecule has 1 fully saturated rings. The van der Waals surface area contributed by atoms with E-state index in [1.165, 1.54) is 19.2 Å². The summed E-state index contributed by atoms with van der Waals surface area (Å²) in [7, 11) is 1.33. The Hall–Kier alpha value is -2.26. The number of benzene rings is 1. The molecule has 124 valence electrons. The molecule has 1 heterocycles. The Morgan fingerprint density at radius 3 is 2.57 bits per heavy atom. The molecule has 9 heteroatoms. The number of nitrogens with one attached hydrogen (secondary N) is 3.